The van der Waals surface area contributed by atoms with Crippen LogP contribution in [0.15, 0.2) is 0 Å². The van der Waals surface area contributed by atoms with Crippen LogP contribution in [-0.4, -0.2) is 6.61 Å². The van der Waals surface area contributed by atoms with Gasteiger partial charge < -0.3 is 0 Å². The fraction of sp³-hybridized carbons (Fsp3) is 1.00. The van der Waals surface area contributed by atoms with Gasteiger partial charge in [0.2, 0.25) is 0 Å². The van der Waals surface area contributed by atoms with E-state index in [9.17, 15) is 5.11 Å². The highest BCUT2D eigenvalue weighted by atomic mass is 16.2. The lowest BCUT2D eigenvalue weighted by molar-refractivity contribution is 0.177. The summed E-state index contributed by atoms with van der Waals surface area (Å²) in [4.78, 5) is 0. The van der Waals surface area contributed by atoms with Crippen molar-refractivity contribution in [3.8, 4) is 0 Å². The summed E-state index contributed by atoms with van der Waals surface area (Å²) in [5.74, 6) is 0.843. The highest BCUT2D eigenvalue weighted by Crippen LogP contribution is 2.21. The van der Waals surface area contributed by atoms with Crippen LogP contribution in [0.2, 0.25) is 0 Å². The van der Waals surface area contributed by atoms with E-state index in [1.54, 1.807) is 0 Å². The Balaban J connectivity index is 3.49. The summed E-state index contributed by atoms with van der Waals surface area (Å²) in [6.07, 6.45) is 11.4. The summed E-state index contributed by atoms with van der Waals surface area (Å²) in [6, 6.07) is 0. The number of rotatable bonds is 10. The molecule has 0 aromatic heterocycles. The molecule has 1 radical (unpaired) electrons. The average molecular weight is 199 g/mol. The van der Waals surface area contributed by atoms with Crippen molar-refractivity contribution in [1.29, 1.82) is 0 Å². The van der Waals surface area contributed by atoms with Gasteiger partial charge in [-0.15, -0.1) is 0 Å². The molecule has 0 N–H and O–H groups in total. The van der Waals surface area contributed by atoms with Crippen molar-refractivity contribution in [2.75, 3.05) is 6.61 Å². The average Bonchev–Trinajstić information content (AvgIpc) is 2.21. The van der Waals surface area contributed by atoms with Gasteiger partial charge in [-0.1, -0.05) is 58.8 Å². The van der Waals surface area contributed by atoms with Crippen LogP contribution < -0.4 is 0 Å². The summed E-state index contributed by atoms with van der Waals surface area (Å²) in [5.41, 5.74) is 0. The molecule has 1 nitrogen and oxygen atoms in total. The molecule has 0 spiro atoms. The van der Waals surface area contributed by atoms with E-state index in [-0.39, 0.29) is 6.61 Å². The van der Waals surface area contributed by atoms with Gasteiger partial charge in [0.05, 0.1) is 6.61 Å². The summed E-state index contributed by atoms with van der Waals surface area (Å²) < 4.78 is 0. The first-order valence-electron chi connectivity index (χ1n) is 6.43. The summed E-state index contributed by atoms with van der Waals surface area (Å²) in [7, 11) is 0. The molecule has 0 aliphatic carbocycles. The normalized spacial score (nSPS) is 13.1. The SMILES string of the molecule is CCCCCC(CCCC)CCC[O]. The second-order valence-corrected chi connectivity index (χ2v) is 4.35. The topological polar surface area (TPSA) is 19.9 Å². The Bertz CT molecular complexity index is 93.4. The van der Waals surface area contributed by atoms with E-state index < -0.39 is 0 Å². The third-order valence-electron chi connectivity index (χ3n) is 2.94. The minimum Gasteiger partial charge on any atom is -0.237 e. The molecule has 0 aromatic rings. The van der Waals surface area contributed by atoms with Gasteiger partial charge in [-0.25, -0.2) is 5.11 Å². The predicted molar refractivity (Wildman–Crippen MR) is 61.9 cm³/mol. The van der Waals surface area contributed by atoms with E-state index in [1.165, 1.54) is 51.4 Å². The Hall–Kier alpha value is -0.0400. The standard InChI is InChI=1S/C13H27O/c1-3-5-7-10-13(9-6-4-2)11-8-12-14/h13H,3-12H2,1-2H3. The van der Waals surface area contributed by atoms with E-state index >= 15 is 0 Å². The van der Waals surface area contributed by atoms with Gasteiger partial charge in [0.1, 0.15) is 0 Å². The highest BCUT2D eigenvalue weighted by Gasteiger charge is 2.07. The monoisotopic (exact) mass is 199 g/mol. The molecule has 0 saturated heterocycles. The van der Waals surface area contributed by atoms with Crippen LogP contribution in [0, 0.1) is 5.92 Å². The molecule has 1 atom stereocenters. The number of hydrogen-bond donors (Lipinski definition) is 0. The Morgan fingerprint density at radius 2 is 1.36 bits per heavy atom. The van der Waals surface area contributed by atoms with Crippen LogP contribution >= 0.6 is 0 Å². The van der Waals surface area contributed by atoms with Crippen molar-refractivity contribution >= 4 is 0 Å². The van der Waals surface area contributed by atoms with Crippen LogP contribution in [0.3, 0.4) is 0 Å². The maximum Gasteiger partial charge on any atom is 0.0822 e. The fourth-order valence-electron chi connectivity index (χ4n) is 1.98. The van der Waals surface area contributed by atoms with Gasteiger partial charge >= 0.3 is 0 Å². The molecular formula is C13H27O. The van der Waals surface area contributed by atoms with E-state index in [2.05, 4.69) is 13.8 Å². The molecule has 0 aliphatic rings. The zero-order valence-electron chi connectivity index (χ0n) is 10.1. The third-order valence-corrected chi connectivity index (χ3v) is 2.94. The second-order valence-electron chi connectivity index (χ2n) is 4.35. The van der Waals surface area contributed by atoms with Gasteiger partial charge in [-0.3, -0.25) is 0 Å². The largest absolute Gasteiger partial charge is 0.237 e. The van der Waals surface area contributed by atoms with Crippen LogP contribution in [0.25, 0.3) is 0 Å². The quantitative estimate of drug-likeness (QED) is 0.459. The lowest BCUT2D eigenvalue weighted by Crippen LogP contribution is -2.02. The Kier molecular flexibility index (Phi) is 11.0. The molecule has 0 saturated carbocycles. The van der Waals surface area contributed by atoms with E-state index in [1.807, 2.05) is 0 Å². The summed E-state index contributed by atoms with van der Waals surface area (Å²) >= 11 is 0. The van der Waals surface area contributed by atoms with Crippen molar-refractivity contribution in [3.05, 3.63) is 0 Å². The first kappa shape index (κ1) is 14.0. The van der Waals surface area contributed by atoms with Crippen molar-refractivity contribution in [2.45, 2.75) is 71.6 Å². The smallest absolute Gasteiger partial charge is 0.0822 e. The van der Waals surface area contributed by atoms with Crippen LogP contribution in [0.4, 0.5) is 0 Å². The molecule has 14 heavy (non-hydrogen) atoms. The molecule has 1 unspecified atom stereocenters. The molecule has 0 aliphatic heterocycles. The zero-order chi connectivity index (χ0) is 10.6. The maximum absolute atomic E-state index is 10.4. The van der Waals surface area contributed by atoms with Crippen molar-refractivity contribution in [3.63, 3.8) is 0 Å². The van der Waals surface area contributed by atoms with Crippen molar-refractivity contribution in [2.24, 2.45) is 5.92 Å². The van der Waals surface area contributed by atoms with E-state index in [0.29, 0.717) is 0 Å². The minimum absolute atomic E-state index is 0.121. The van der Waals surface area contributed by atoms with Gasteiger partial charge in [-0.05, 0) is 18.8 Å². The molecule has 0 rings (SSSR count). The Morgan fingerprint density at radius 3 is 1.93 bits per heavy atom. The lowest BCUT2D eigenvalue weighted by atomic mass is 9.91. The molecule has 1 heteroatoms. The summed E-state index contributed by atoms with van der Waals surface area (Å²) in [5, 5.41) is 10.4. The molecular weight excluding hydrogens is 172 g/mol. The summed E-state index contributed by atoms with van der Waals surface area (Å²) in [6.45, 7) is 4.62. The first-order valence-corrected chi connectivity index (χ1v) is 6.43. The number of unbranched alkanes of at least 4 members (excludes halogenated alkanes) is 3. The zero-order valence-corrected chi connectivity index (χ0v) is 10.1. The Morgan fingerprint density at radius 1 is 0.786 bits per heavy atom. The molecule has 0 aromatic carbocycles. The maximum atomic E-state index is 10.4. The highest BCUT2D eigenvalue weighted by molar-refractivity contribution is 4.60. The van der Waals surface area contributed by atoms with Gasteiger partial charge in [-0.2, -0.15) is 0 Å². The number of hydrogen-bond acceptors (Lipinski definition) is 0. The van der Waals surface area contributed by atoms with Crippen LogP contribution in [0.5, 0.6) is 0 Å². The first-order chi connectivity index (χ1) is 6.85. The van der Waals surface area contributed by atoms with E-state index in [4.69, 9.17) is 0 Å². The minimum atomic E-state index is 0.121. The van der Waals surface area contributed by atoms with E-state index in [0.717, 1.165) is 12.3 Å². The lowest BCUT2D eigenvalue weighted by Gasteiger charge is -2.15. The predicted octanol–water partition coefficient (Wildman–Crippen LogP) is 4.58. The van der Waals surface area contributed by atoms with Crippen LogP contribution in [0.1, 0.15) is 71.6 Å². The van der Waals surface area contributed by atoms with Gasteiger partial charge in [0.15, 0.2) is 0 Å². The second kappa shape index (κ2) is 11.0. The van der Waals surface area contributed by atoms with Crippen molar-refractivity contribution in [1.82, 2.24) is 0 Å². The van der Waals surface area contributed by atoms with Gasteiger partial charge in [0.25, 0.3) is 0 Å². The molecule has 85 valence electrons. The molecule has 0 amide bonds. The van der Waals surface area contributed by atoms with Crippen molar-refractivity contribution < 1.29 is 5.11 Å². The van der Waals surface area contributed by atoms with Gasteiger partial charge in [0, 0.05) is 0 Å². The molecule has 0 bridgehead atoms. The molecule has 0 heterocycles. The third kappa shape index (κ3) is 8.55. The van der Waals surface area contributed by atoms with Crippen LogP contribution in [-0.2, 0) is 5.11 Å². The fourth-order valence-corrected chi connectivity index (χ4v) is 1.98. The Labute approximate surface area is 89.9 Å². The molecule has 0 fully saturated rings.